The van der Waals surface area contributed by atoms with Gasteiger partial charge in [0.2, 0.25) is 5.89 Å². The zero-order chi connectivity index (χ0) is 12.4. The summed E-state index contributed by atoms with van der Waals surface area (Å²) in [5.74, 6) is 1.33. The van der Waals surface area contributed by atoms with Gasteiger partial charge in [0.1, 0.15) is 0 Å². The van der Waals surface area contributed by atoms with Crippen LogP contribution in [-0.2, 0) is 25.9 Å². The first-order valence-corrected chi connectivity index (χ1v) is 6.42. The molecule has 0 radical (unpaired) electrons. The SMILES string of the molecule is Cc1noc(CNCc2ccc3c(c2)CCC3)n1. The van der Waals surface area contributed by atoms with Crippen LogP contribution in [0.25, 0.3) is 0 Å². The van der Waals surface area contributed by atoms with Crippen molar-refractivity contribution in [2.75, 3.05) is 0 Å². The predicted molar refractivity (Wildman–Crippen MR) is 68.0 cm³/mol. The van der Waals surface area contributed by atoms with Gasteiger partial charge in [-0.15, -0.1) is 0 Å². The molecule has 1 aliphatic carbocycles. The molecule has 0 spiro atoms. The molecule has 2 aromatic rings. The Morgan fingerprint density at radius 3 is 2.94 bits per heavy atom. The average molecular weight is 243 g/mol. The van der Waals surface area contributed by atoms with Crippen molar-refractivity contribution in [2.45, 2.75) is 39.3 Å². The Balaban J connectivity index is 1.57. The van der Waals surface area contributed by atoms with Crippen molar-refractivity contribution in [1.29, 1.82) is 0 Å². The molecule has 4 nitrogen and oxygen atoms in total. The molecule has 3 rings (SSSR count). The standard InChI is InChI=1S/C14H17N3O/c1-10-16-14(18-17-10)9-15-8-11-5-6-12-3-2-4-13(12)7-11/h5-7,15H,2-4,8-9H2,1H3. The summed E-state index contributed by atoms with van der Waals surface area (Å²) in [5.41, 5.74) is 4.36. The highest BCUT2D eigenvalue weighted by Gasteiger charge is 2.10. The zero-order valence-electron chi connectivity index (χ0n) is 10.6. The third-order valence-electron chi connectivity index (χ3n) is 3.34. The first-order chi connectivity index (χ1) is 8.81. The number of rotatable bonds is 4. The Labute approximate surface area is 106 Å². The zero-order valence-corrected chi connectivity index (χ0v) is 10.6. The maximum atomic E-state index is 5.05. The quantitative estimate of drug-likeness (QED) is 0.894. The highest BCUT2D eigenvalue weighted by Crippen LogP contribution is 2.22. The second-order valence-corrected chi connectivity index (χ2v) is 4.80. The molecule has 0 saturated carbocycles. The van der Waals surface area contributed by atoms with Gasteiger partial charge in [0.25, 0.3) is 0 Å². The van der Waals surface area contributed by atoms with Crippen LogP contribution in [0.1, 0.15) is 34.8 Å². The molecule has 0 aliphatic heterocycles. The number of fused-ring (bicyclic) bond motifs is 1. The lowest BCUT2D eigenvalue weighted by molar-refractivity contribution is 0.364. The normalized spacial score (nSPS) is 13.8. The predicted octanol–water partition coefficient (Wildman–Crippen LogP) is 2.16. The number of aromatic nitrogens is 2. The first-order valence-electron chi connectivity index (χ1n) is 6.42. The van der Waals surface area contributed by atoms with Crippen molar-refractivity contribution >= 4 is 0 Å². The van der Waals surface area contributed by atoms with Gasteiger partial charge in [0, 0.05) is 6.54 Å². The summed E-state index contributed by atoms with van der Waals surface area (Å²) in [4.78, 5) is 4.16. The van der Waals surface area contributed by atoms with E-state index in [4.69, 9.17) is 4.52 Å². The van der Waals surface area contributed by atoms with E-state index in [-0.39, 0.29) is 0 Å². The Bertz CT molecular complexity index is 548. The first kappa shape index (κ1) is 11.4. The van der Waals surface area contributed by atoms with Crippen LogP contribution >= 0.6 is 0 Å². The third kappa shape index (κ3) is 2.43. The molecular weight excluding hydrogens is 226 g/mol. The summed E-state index contributed by atoms with van der Waals surface area (Å²) in [6.45, 7) is 3.29. The van der Waals surface area contributed by atoms with E-state index in [1.807, 2.05) is 6.92 Å². The van der Waals surface area contributed by atoms with Crippen LogP contribution in [0.5, 0.6) is 0 Å². The largest absolute Gasteiger partial charge is 0.338 e. The third-order valence-corrected chi connectivity index (χ3v) is 3.34. The molecule has 94 valence electrons. The van der Waals surface area contributed by atoms with Gasteiger partial charge in [-0.3, -0.25) is 0 Å². The number of hydrogen-bond donors (Lipinski definition) is 1. The van der Waals surface area contributed by atoms with Crippen molar-refractivity contribution in [3.05, 3.63) is 46.6 Å². The van der Waals surface area contributed by atoms with Gasteiger partial charge in [-0.05, 0) is 42.9 Å². The van der Waals surface area contributed by atoms with E-state index in [9.17, 15) is 0 Å². The van der Waals surface area contributed by atoms with Crippen LogP contribution < -0.4 is 5.32 Å². The molecule has 0 unspecified atom stereocenters. The fourth-order valence-electron chi connectivity index (χ4n) is 2.46. The fourth-order valence-corrected chi connectivity index (χ4v) is 2.46. The molecule has 1 aromatic heterocycles. The Morgan fingerprint density at radius 2 is 2.11 bits per heavy atom. The van der Waals surface area contributed by atoms with Gasteiger partial charge in [-0.2, -0.15) is 4.98 Å². The van der Waals surface area contributed by atoms with Gasteiger partial charge in [0.15, 0.2) is 5.82 Å². The molecule has 0 atom stereocenters. The number of benzene rings is 1. The minimum atomic E-state index is 0.623. The second-order valence-electron chi connectivity index (χ2n) is 4.80. The van der Waals surface area contributed by atoms with E-state index in [0.29, 0.717) is 18.3 Å². The summed E-state index contributed by atoms with van der Waals surface area (Å²) in [6, 6.07) is 6.78. The van der Waals surface area contributed by atoms with Gasteiger partial charge in [-0.25, -0.2) is 0 Å². The summed E-state index contributed by atoms with van der Waals surface area (Å²) in [7, 11) is 0. The van der Waals surface area contributed by atoms with E-state index >= 15 is 0 Å². The summed E-state index contributed by atoms with van der Waals surface area (Å²) in [5, 5.41) is 7.09. The smallest absolute Gasteiger partial charge is 0.240 e. The van der Waals surface area contributed by atoms with Crippen molar-refractivity contribution in [3.8, 4) is 0 Å². The lowest BCUT2D eigenvalue weighted by Crippen LogP contribution is -2.13. The average Bonchev–Trinajstić information content (AvgIpc) is 2.97. The molecular formula is C14H17N3O. The van der Waals surface area contributed by atoms with Gasteiger partial charge < -0.3 is 9.84 Å². The lowest BCUT2D eigenvalue weighted by atomic mass is 10.1. The number of nitrogens with zero attached hydrogens (tertiary/aromatic N) is 2. The highest BCUT2D eigenvalue weighted by atomic mass is 16.5. The summed E-state index contributed by atoms with van der Waals surface area (Å²) >= 11 is 0. The highest BCUT2D eigenvalue weighted by molar-refractivity contribution is 5.35. The fraction of sp³-hybridized carbons (Fsp3) is 0.429. The van der Waals surface area contributed by atoms with E-state index in [2.05, 4.69) is 33.7 Å². The molecule has 1 aromatic carbocycles. The van der Waals surface area contributed by atoms with Crippen LogP contribution in [0.15, 0.2) is 22.7 Å². The van der Waals surface area contributed by atoms with Crippen molar-refractivity contribution in [1.82, 2.24) is 15.5 Å². The Hall–Kier alpha value is -1.68. The van der Waals surface area contributed by atoms with Gasteiger partial charge in [-0.1, -0.05) is 23.4 Å². The monoisotopic (exact) mass is 243 g/mol. The van der Waals surface area contributed by atoms with Gasteiger partial charge >= 0.3 is 0 Å². The molecule has 0 amide bonds. The Kier molecular flexibility index (Phi) is 3.11. The van der Waals surface area contributed by atoms with E-state index < -0.39 is 0 Å². The minimum absolute atomic E-state index is 0.623. The number of hydrogen-bond acceptors (Lipinski definition) is 4. The summed E-state index contributed by atoms with van der Waals surface area (Å²) in [6.07, 6.45) is 3.77. The summed E-state index contributed by atoms with van der Waals surface area (Å²) < 4.78 is 5.05. The van der Waals surface area contributed by atoms with Gasteiger partial charge in [0.05, 0.1) is 6.54 Å². The van der Waals surface area contributed by atoms with Crippen molar-refractivity contribution < 1.29 is 4.52 Å². The lowest BCUT2D eigenvalue weighted by Gasteiger charge is -2.05. The Morgan fingerprint density at radius 1 is 1.22 bits per heavy atom. The van der Waals surface area contributed by atoms with Crippen molar-refractivity contribution in [3.63, 3.8) is 0 Å². The van der Waals surface area contributed by atoms with Crippen LogP contribution in [0.2, 0.25) is 0 Å². The molecule has 0 fully saturated rings. The number of aryl methyl sites for hydroxylation is 3. The van der Waals surface area contributed by atoms with Crippen molar-refractivity contribution in [2.24, 2.45) is 0 Å². The second kappa shape index (κ2) is 4.90. The molecule has 1 aliphatic rings. The topological polar surface area (TPSA) is 51.0 Å². The molecule has 18 heavy (non-hydrogen) atoms. The molecule has 1 N–H and O–H groups in total. The molecule has 0 bridgehead atoms. The molecule has 4 heteroatoms. The van der Waals surface area contributed by atoms with Crippen LogP contribution in [-0.4, -0.2) is 10.1 Å². The van der Waals surface area contributed by atoms with Crippen LogP contribution in [0, 0.1) is 6.92 Å². The van der Waals surface area contributed by atoms with Crippen LogP contribution in [0.3, 0.4) is 0 Å². The maximum Gasteiger partial charge on any atom is 0.240 e. The van der Waals surface area contributed by atoms with Crippen LogP contribution in [0.4, 0.5) is 0 Å². The maximum absolute atomic E-state index is 5.05. The molecule has 1 heterocycles. The van der Waals surface area contributed by atoms with E-state index in [1.54, 1.807) is 0 Å². The molecule has 0 saturated heterocycles. The number of nitrogens with one attached hydrogen (secondary N) is 1. The van der Waals surface area contributed by atoms with E-state index in [0.717, 1.165) is 6.54 Å². The van der Waals surface area contributed by atoms with E-state index in [1.165, 1.54) is 36.0 Å². The minimum Gasteiger partial charge on any atom is -0.338 e.